The highest BCUT2D eigenvalue weighted by atomic mass is 35.5. The van der Waals surface area contributed by atoms with Gasteiger partial charge in [0.15, 0.2) is 0 Å². The van der Waals surface area contributed by atoms with Gasteiger partial charge in [-0.1, -0.05) is 24.3 Å². The molecule has 0 aliphatic carbocycles. The molecule has 1 aromatic carbocycles. The first-order valence-corrected chi connectivity index (χ1v) is 9.82. The molecule has 0 saturated carbocycles. The van der Waals surface area contributed by atoms with Gasteiger partial charge in [-0.15, -0.1) is 0 Å². The third-order valence-electron chi connectivity index (χ3n) is 4.13. The Kier molecular flexibility index (Phi) is 7.79. The van der Waals surface area contributed by atoms with E-state index in [1.165, 1.54) is 0 Å². The Labute approximate surface area is 177 Å². The minimum Gasteiger partial charge on any atom is -0.329 e. The fourth-order valence-electron chi connectivity index (χ4n) is 2.76. The smallest absolute Gasteiger partial charge is 0.211 e. The standard InChI is InChI=1S/C22H28ClN5O/c1-6-12-24-20(7-2)26-21-14-18(27-28(21)22(3,4)5)9-8-16-13-17(25-15-29)10-11-19(16)23/h6-7,10-15H,2,8-9H2,1,3-5H3,(H,24,26)(H,25,29)/b12-6-. The third kappa shape index (κ3) is 6.32. The van der Waals surface area contributed by atoms with E-state index >= 15 is 0 Å². The van der Waals surface area contributed by atoms with Crippen LogP contribution < -0.4 is 10.6 Å². The molecule has 6 nitrogen and oxygen atoms in total. The highest BCUT2D eigenvalue weighted by Crippen LogP contribution is 2.25. The fourth-order valence-corrected chi connectivity index (χ4v) is 2.97. The van der Waals surface area contributed by atoms with E-state index < -0.39 is 0 Å². The molecule has 0 atom stereocenters. The number of halogens is 1. The van der Waals surface area contributed by atoms with Crippen molar-refractivity contribution in [1.29, 1.82) is 0 Å². The maximum atomic E-state index is 10.7. The minimum atomic E-state index is -0.209. The van der Waals surface area contributed by atoms with E-state index in [-0.39, 0.29) is 5.54 Å². The van der Waals surface area contributed by atoms with E-state index in [0.29, 0.717) is 30.1 Å². The Morgan fingerprint density at radius 3 is 2.69 bits per heavy atom. The lowest BCUT2D eigenvalue weighted by molar-refractivity contribution is -0.105. The molecule has 29 heavy (non-hydrogen) atoms. The number of aryl methyl sites for hydroxylation is 2. The van der Waals surface area contributed by atoms with Gasteiger partial charge in [-0.25, -0.2) is 9.67 Å². The molecule has 154 valence electrons. The van der Waals surface area contributed by atoms with Crippen LogP contribution in [0.25, 0.3) is 0 Å². The number of amides is 1. The van der Waals surface area contributed by atoms with Crippen LogP contribution in [0.3, 0.4) is 0 Å². The van der Waals surface area contributed by atoms with Crippen LogP contribution in [0.2, 0.25) is 5.02 Å². The lowest BCUT2D eigenvalue weighted by Gasteiger charge is -2.22. The van der Waals surface area contributed by atoms with E-state index in [9.17, 15) is 4.79 Å². The van der Waals surface area contributed by atoms with Crippen LogP contribution in [0, 0.1) is 0 Å². The minimum absolute atomic E-state index is 0.209. The molecular formula is C22H28ClN5O. The summed E-state index contributed by atoms with van der Waals surface area (Å²) in [6.45, 7) is 12.0. The van der Waals surface area contributed by atoms with Crippen LogP contribution in [-0.4, -0.2) is 22.0 Å². The molecule has 0 aliphatic rings. The number of amidine groups is 1. The maximum Gasteiger partial charge on any atom is 0.211 e. The molecule has 0 aliphatic heterocycles. The van der Waals surface area contributed by atoms with Crippen LogP contribution in [0.4, 0.5) is 11.5 Å². The predicted octanol–water partition coefficient (Wildman–Crippen LogP) is 5.18. The number of aliphatic imine (C=N–C) groups is 1. The average Bonchev–Trinajstić information content (AvgIpc) is 3.09. The van der Waals surface area contributed by atoms with E-state index in [1.807, 2.05) is 29.8 Å². The van der Waals surface area contributed by atoms with Crippen molar-refractivity contribution in [2.45, 2.75) is 46.1 Å². The van der Waals surface area contributed by atoms with Gasteiger partial charge in [0.25, 0.3) is 0 Å². The normalized spacial score (nSPS) is 12.2. The zero-order chi connectivity index (χ0) is 21.4. The van der Waals surface area contributed by atoms with Crippen molar-refractivity contribution in [2.24, 2.45) is 4.99 Å². The summed E-state index contributed by atoms with van der Waals surface area (Å²) >= 11 is 6.32. The van der Waals surface area contributed by atoms with Crippen molar-refractivity contribution in [3.8, 4) is 0 Å². The van der Waals surface area contributed by atoms with Gasteiger partial charge in [-0.2, -0.15) is 5.10 Å². The molecule has 1 heterocycles. The third-order valence-corrected chi connectivity index (χ3v) is 4.50. The molecule has 2 rings (SSSR count). The molecule has 0 saturated heterocycles. The molecule has 0 spiro atoms. The number of allylic oxidation sites excluding steroid dienone is 1. The van der Waals surface area contributed by atoms with Gasteiger partial charge in [0, 0.05) is 23.0 Å². The summed E-state index contributed by atoms with van der Waals surface area (Å²) in [6.07, 6.45) is 7.31. The quantitative estimate of drug-likeness (QED) is 0.356. The van der Waals surface area contributed by atoms with Crippen molar-refractivity contribution >= 4 is 35.4 Å². The largest absolute Gasteiger partial charge is 0.329 e. The van der Waals surface area contributed by atoms with Crippen molar-refractivity contribution < 1.29 is 4.79 Å². The lowest BCUT2D eigenvalue weighted by atomic mass is 10.1. The number of hydrogen-bond donors (Lipinski definition) is 2. The number of hydrogen-bond acceptors (Lipinski definition) is 3. The Morgan fingerprint density at radius 2 is 2.07 bits per heavy atom. The zero-order valence-corrected chi connectivity index (χ0v) is 18.1. The molecule has 2 N–H and O–H groups in total. The van der Waals surface area contributed by atoms with E-state index in [1.54, 1.807) is 24.4 Å². The number of aromatic nitrogens is 2. The molecule has 0 unspecified atom stereocenters. The molecule has 0 fully saturated rings. The number of nitrogens with one attached hydrogen (secondary N) is 2. The zero-order valence-electron chi connectivity index (χ0n) is 17.4. The number of carbonyl (C=O) groups excluding carboxylic acids is 1. The summed E-state index contributed by atoms with van der Waals surface area (Å²) < 4.78 is 1.95. The molecular weight excluding hydrogens is 386 g/mol. The first-order chi connectivity index (χ1) is 13.8. The van der Waals surface area contributed by atoms with E-state index in [4.69, 9.17) is 16.7 Å². The van der Waals surface area contributed by atoms with E-state index in [0.717, 1.165) is 22.8 Å². The molecule has 1 amide bonds. The Bertz CT molecular complexity index is 922. The van der Waals surface area contributed by atoms with Crippen LogP contribution in [0.1, 0.15) is 39.0 Å². The Hall–Kier alpha value is -2.86. The van der Waals surface area contributed by atoms with E-state index in [2.05, 4.69) is 43.0 Å². The maximum absolute atomic E-state index is 10.7. The summed E-state index contributed by atoms with van der Waals surface area (Å²) in [7, 11) is 0. The van der Waals surface area contributed by atoms with Crippen LogP contribution in [0.5, 0.6) is 0 Å². The number of nitrogens with zero attached hydrogens (tertiary/aromatic N) is 3. The van der Waals surface area contributed by atoms with Gasteiger partial charge >= 0.3 is 0 Å². The monoisotopic (exact) mass is 413 g/mol. The average molecular weight is 414 g/mol. The van der Waals surface area contributed by atoms with Crippen molar-refractivity contribution in [3.05, 3.63) is 65.5 Å². The lowest BCUT2D eigenvalue weighted by Crippen LogP contribution is -2.26. The SMILES string of the molecule is C=CC(=N/C=C\C)Nc1cc(CCc2cc(NC=O)ccc2Cl)nn1C(C)(C)C. The first-order valence-electron chi connectivity index (χ1n) is 9.45. The van der Waals surface area contributed by atoms with Crippen LogP contribution in [-0.2, 0) is 23.2 Å². The Morgan fingerprint density at radius 1 is 1.31 bits per heavy atom. The molecule has 7 heteroatoms. The first kappa shape index (κ1) is 22.4. The van der Waals surface area contributed by atoms with Crippen LogP contribution in [0.15, 0.2) is 54.2 Å². The highest BCUT2D eigenvalue weighted by molar-refractivity contribution is 6.31. The summed E-state index contributed by atoms with van der Waals surface area (Å²) in [5, 5.41) is 11.4. The summed E-state index contributed by atoms with van der Waals surface area (Å²) in [4.78, 5) is 15.0. The van der Waals surface area contributed by atoms with Gasteiger partial charge in [0.1, 0.15) is 11.7 Å². The number of benzene rings is 1. The van der Waals surface area contributed by atoms with Crippen molar-refractivity contribution in [2.75, 3.05) is 10.6 Å². The van der Waals surface area contributed by atoms with Crippen molar-refractivity contribution in [3.63, 3.8) is 0 Å². The predicted molar refractivity (Wildman–Crippen MR) is 122 cm³/mol. The number of carbonyl (C=O) groups is 1. The van der Waals surface area contributed by atoms with Crippen molar-refractivity contribution in [1.82, 2.24) is 9.78 Å². The Balaban J connectivity index is 2.26. The topological polar surface area (TPSA) is 71.3 Å². The second-order valence-electron chi connectivity index (χ2n) is 7.50. The number of anilines is 2. The van der Waals surface area contributed by atoms with Gasteiger partial charge in [-0.05, 0) is 70.4 Å². The summed E-state index contributed by atoms with van der Waals surface area (Å²) in [6, 6.07) is 7.46. The van der Waals surface area contributed by atoms with Gasteiger partial charge < -0.3 is 10.6 Å². The highest BCUT2D eigenvalue weighted by Gasteiger charge is 2.20. The summed E-state index contributed by atoms with van der Waals surface area (Å²) in [5.74, 6) is 1.49. The van der Waals surface area contributed by atoms with Crippen LogP contribution >= 0.6 is 11.6 Å². The molecule has 0 radical (unpaired) electrons. The number of rotatable bonds is 8. The molecule has 0 bridgehead atoms. The molecule has 1 aromatic heterocycles. The second kappa shape index (κ2) is 10.1. The molecule has 2 aromatic rings. The fraction of sp³-hybridized carbons (Fsp3) is 0.318. The van der Waals surface area contributed by atoms with Gasteiger partial charge in [-0.3, -0.25) is 4.79 Å². The van der Waals surface area contributed by atoms with Gasteiger partial charge in [0.2, 0.25) is 6.41 Å². The summed E-state index contributed by atoms with van der Waals surface area (Å²) in [5.41, 5.74) is 2.40. The second-order valence-corrected chi connectivity index (χ2v) is 7.90. The van der Waals surface area contributed by atoms with Gasteiger partial charge in [0.05, 0.1) is 11.2 Å².